The van der Waals surface area contributed by atoms with Crippen molar-refractivity contribution in [1.82, 2.24) is 4.90 Å². The fraction of sp³-hybridized carbons (Fsp3) is 0.310. The van der Waals surface area contributed by atoms with Gasteiger partial charge in [-0.1, -0.05) is 68.4 Å². The van der Waals surface area contributed by atoms with Crippen LogP contribution in [-0.4, -0.2) is 48.0 Å². The van der Waals surface area contributed by atoms with Gasteiger partial charge < -0.3 is 19.8 Å². The molecule has 0 aliphatic rings. The first-order valence-corrected chi connectivity index (χ1v) is 11.8. The molecule has 34 heavy (non-hydrogen) atoms. The average molecular weight is 482 g/mol. The van der Waals surface area contributed by atoms with Crippen LogP contribution < -0.4 is 4.74 Å². The molecule has 0 heterocycles. The Bertz CT molecular complexity index is 998. The van der Waals surface area contributed by atoms with Crippen molar-refractivity contribution >= 4 is 23.6 Å². The quantitative estimate of drug-likeness (QED) is 0.299. The molecule has 3 aromatic rings. The van der Waals surface area contributed by atoms with Gasteiger partial charge in [0.2, 0.25) is 0 Å². The van der Waals surface area contributed by atoms with Crippen molar-refractivity contribution in [1.29, 1.82) is 0 Å². The fourth-order valence-electron chi connectivity index (χ4n) is 4.00. The summed E-state index contributed by atoms with van der Waals surface area (Å²) in [4.78, 5) is 2.34. The van der Waals surface area contributed by atoms with Crippen molar-refractivity contribution in [3.63, 3.8) is 0 Å². The number of hydrogen-bond acceptors (Lipinski definition) is 4. The largest absolute Gasteiger partial charge is 0.508 e. The molecular formula is C29H36ClNO3. The molecular weight excluding hydrogens is 446 g/mol. The predicted octanol–water partition coefficient (Wildman–Crippen LogP) is 6.27. The van der Waals surface area contributed by atoms with Crippen LogP contribution in [0.2, 0.25) is 0 Å². The molecule has 0 atom stereocenters. The normalized spacial score (nSPS) is 11.6. The lowest BCUT2D eigenvalue weighted by molar-refractivity contribution is 0.223. The minimum atomic E-state index is 0. The van der Waals surface area contributed by atoms with Crippen LogP contribution in [0, 0.1) is 0 Å². The molecule has 0 unspecified atom stereocenters. The summed E-state index contributed by atoms with van der Waals surface area (Å²) in [6.45, 7) is 8.08. The number of hydrogen-bond donors (Lipinski definition) is 2. The van der Waals surface area contributed by atoms with Crippen LogP contribution in [0.15, 0.2) is 78.9 Å². The Balaban J connectivity index is 0.00000408. The zero-order valence-electron chi connectivity index (χ0n) is 20.1. The lowest BCUT2D eigenvalue weighted by Crippen LogP contribution is -2.27. The maximum absolute atomic E-state index is 9.83. The first kappa shape index (κ1) is 27.5. The van der Waals surface area contributed by atoms with Gasteiger partial charge in [-0.3, -0.25) is 0 Å². The molecule has 0 amide bonds. The van der Waals surface area contributed by atoms with Crippen molar-refractivity contribution in [2.75, 3.05) is 32.8 Å². The molecule has 0 aliphatic heterocycles. The SMILES string of the molecule is CCN(CC)CCOc1ccc(/C(=C(/CCCO)c2ccccc2)c2ccc(O)cc2)cc1.Cl. The van der Waals surface area contributed by atoms with Crippen LogP contribution in [0.1, 0.15) is 43.4 Å². The van der Waals surface area contributed by atoms with Gasteiger partial charge in [0.05, 0.1) is 0 Å². The molecule has 0 bridgehead atoms. The van der Waals surface area contributed by atoms with E-state index in [1.807, 2.05) is 42.5 Å². The summed E-state index contributed by atoms with van der Waals surface area (Å²) in [5, 5.41) is 19.4. The van der Waals surface area contributed by atoms with E-state index in [1.165, 1.54) is 5.57 Å². The minimum absolute atomic E-state index is 0. The molecule has 0 saturated heterocycles. The van der Waals surface area contributed by atoms with Crippen LogP contribution in [0.25, 0.3) is 11.1 Å². The molecule has 0 saturated carbocycles. The van der Waals surface area contributed by atoms with Gasteiger partial charge in [-0.05, 0) is 78.0 Å². The molecule has 0 radical (unpaired) electrons. The highest BCUT2D eigenvalue weighted by Gasteiger charge is 2.14. The van der Waals surface area contributed by atoms with Gasteiger partial charge in [-0.2, -0.15) is 0 Å². The molecule has 0 spiro atoms. The van der Waals surface area contributed by atoms with Crippen LogP contribution in [0.5, 0.6) is 11.5 Å². The van der Waals surface area contributed by atoms with E-state index < -0.39 is 0 Å². The first-order valence-electron chi connectivity index (χ1n) is 11.8. The van der Waals surface area contributed by atoms with E-state index >= 15 is 0 Å². The maximum atomic E-state index is 9.83. The highest BCUT2D eigenvalue weighted by molar-refractivity contribution is 5.98. The van der Waals surface area contributed by atoms with E-state index in [0.717, 1.165) is 54.1 Å². The van der Waals surface area contributed by atoms with Gasteiger partial charge in [0.25, 0.3) is 0 Å². The van der Waals surface area contributed by atoms with Crippen LogP contribution >= 0.6 is 12.4 Å². The highest BCUT2D eigenvalue weighted by Crippen LogP contribution is 2.36. The van der Waals surface area contributed by atoms with Gasteiger partial charge in [0.15, 0.2) is 0 Å². The monoisotopic (exact) mass is 481 g/mol. The smallest absolute Gasteiger partial charge is 0.119 e. The van der Waals surface area contributed by atoms with E-state index in [2.05, 4.69) is 43.0 Å². The Morgan fingerprint density at radius 3 is 1.94 bits per heavy atom. The maximum Gasteiger partial charge on any atom is 0.119 e. The summed E-state index contributed by atoms with van der Waals surface area (Å²) in [5.41, 5.74) is 5.51. The van der Waals surface area contributed by atoms with Crippen LogP contribution in [-0.2, 0) is 0 Å². The van der Waals surface area contributed by atoms with Crippen molar-refractivity contribution in [2.24, 2.45) is 0 Å². The number of halogens is 1. The summed E-state index contributed by atoms with van der Waals surface area (Å²) in [5.74, 6) is 1.10. The Hall–Kier alpha value is -2.79. The standard InChI is InChI=1S/C29H35NO3.ClH/c1-3-30(4-2)20-22-33-27-18-14-25(15-19-27)29(24-12-16-26(32)17-13-24)28(11-8-21-31)23-9-6-5-7-10-23;/h5-7,9-10,12-19,31-32H,3-4,8,11,20-22H2,1-2H3;1H/b29-28-;. The number of aliphatic hydroxyl groups excluding tert-OH is 1. The first-order chi connectivity index (χ1) is 16.2. The molecule has 4 nitrogen and oxygen atoms in total. The second kappa shape index (κ2) is 14.5. The van der Waals surface area contributed by atoms with E-state index in [9.17, 15) is 10.2 Å². The predicted molar refractivity (Wildman–Crippen MR) is 144 cm³/mol. The third kappa shape index (κ3) is 7.63. The van der Waals surface area contributed by atoms with Crippen molar-refractivity contribution in [3.05, 3.63) is 95.6 Å². The van der Waals surface area contributed by atoms with Gasteiger partial charge in [0.1, 0.15) is 18.1 Å². The van der Waals surface area contributed by atoms with Crippen LogP contribution in [0.3, 0.4) is 0 Å². The van der Waals surface area contributed by atoms with E-state index in [1.54, 1.807) is 12.1 Å². The van der Waals surface area contributed by atoms with Crippen LogP contribution in [0.4, 0.5) is 0 Å². The zero-order chi connectivity index (χ0) is 23.5. The van der Waals surface area contributed by atoms with Crippen molar-refractivity contribution in [3.8, 4) is 11.5 Å². The Morgan fingerprint density at radius 1 is 0.794 bits per heavy atom. The van der Waals surface area contributed by atoms with E-state index in [0.29, 0.717) is 13.0 Å². The number of aliphatic hydroxyl groups is 1. The summed E-state index contributed by atoms with van der Waals surface area (Å²) in [7, 11) is 0. The number of aromatic hydroxyl groups is 1. The number of benzene rings is 3. The number of phenolic OH excluding ortho intramolecular Hbond substituents is 1. The molecule has 0 fully saturated rings. The van der Waals surface area contributed by atoms with E-state index in [-0.39, 0.29) is 24.8 Å². The zero-order valence-corrected chi connectivity index (χ0v) is 20.9. The Kier molecular flexibility index (Phi) is 11.7. The molecule has 0 aromatic heterocycles. The minimum Gasteiger partial charge on any atom is -0.508 e. The topological polar surface area (TPSA) is 52.9 Å². The Morgan fingerprint density at radius 2 is 1.38 bits per heavy atom. The highest BCUT2D eigenvalue weighted by atomic mass is 35.5. The van der Waals surface area contributed by atoms with Gasteiger partial charge >= 0.3 is 0 Å². The number of rotatable bonds is 12. The van der Waals surface area contributed by atoms with E-state index in [4.69, 9.17) is 4.74 Å². The number of ether oxygens (including phenoxy) is 1. The molecule has 5 heteroatoms. The second-order valence-electron chi connectivity index (χ2n) is 7.99. The fourth-order valence-corrected chi connectivity index (χ4v) is 4.00. The molecule has 182 valence electrons. The summed E-state index contributed by atoms with van der Waals surface area (Å²) in [6.07, 6.45) is 1.43. The van der Waals surface area contributed by atoms with Crippen molar-refractivity contribution in [2.45, 2.75) is 26.7 Å². The average Bonchev–Trinajstić information content (AvgIpc) is 2.86. The third-order valence-corrected chi connectivity index (χ3v) is 5.88. The molecule has 3 aromatic carbocycles. The number of nitrogens with zero attached hydrogens (tertiary/aromatic N) is 1. The number of allylic oxidation sites excluding steroid dienone is 1. The second-order valence-corrected chi connectivity index (χ2v) is 7.99. The molecule has 3 rings (SSSR count). The van der Waals surface area contributed by atoms with Crippen molar-refractivity contribution < 1.29 is 14.9 Å². The summed E-state index contributed by atoms with van der Waals surface area (Å²) in [6, 6.07) is 25.9. The van der Waals surface area contributed by atoms with Gasteiger partial charge in [-0.25, -0.2) is 0 Å². The number of likely N-dealkylation sites (N-methyl/N-ethyl adjacent to an activating group) is 1. The van der Waals surface area contributed by atoms with Gasteiger partial charge in [0, 0.05) is 13.2 Å². The lowest BCUT2D eigenvalue weighted by Gasteiger charge is -2.19. The molecule has 0 aliphatic carbocycles. The molecule has 2 N–H and O–H groups in total. The number of phenols is 1. The Labute approximate surface area is 209 Å². The summed E-state index contributed by atoms with van der Waals surface area (Å²) >= 11 is 0. The summed E-state index contributed by atoms with van der Waals surface area (Å²) < 4.78 is 5.98. The van der Waals surface area contributed by atoms with Gasteiger partial charge in [-0.15, -0.1) is 12.4 Å². The lowest BCUT2D eigenvalue weighted by atomic mass is 9.87. The third-order valence-electron chi connectivity index (χ3n) is 5.88.